The number of rotatable bonds is 7. The van der Waals surface area contributed by atoms with Gasteiger partial charge >= 0.3 is 0 Å². The lowest BCUT2D eigenvalue weighted by atomic mass is 10.1. The Balaban J connectivity index is 2.60. The number of hydrogen-bond acceptors (Lipinski definition) is 4. The Labute approximate surface area is 131 Å². The van der Waals surface area contributed by atoms with Crippen molar-refractivity contribution in [1.29, 1.82) is 0 Å². The predicted octanol–water partition coefficient (Wildman–Crippen LogP) is 1.87. The Morgan fingerprint density at radius 2 is 1.90 bits per heavy atom. The quantitative estimate of drug-likeness (QED) is 0.775. The van der Waals surface area contributed by atoms with Gasteiger partial charge in [-0.2, -0.15) is 4.31 Å². The molecule has 0 fully saturated rings. The Hall–Kier alpha value is -1.05. The number of likely N-dealkylation sites (N-methyl/N-ethyl adjacent to an activating group) is 1. The van der Waals surface area contributed by atoms with Crippen molar-refractivity contribution < 1.29 is 13.2 Å². The monoisotopic (exact) mass is 330 g/mol. The summed E-state index contributed by atoms with van der Waals surface area (Å²) in [6.45, 7) is 3.80. The van der Waals surface area contributed by atoms with Crippen LogP contribution in [0.1, 0.15) is 25.5 Å². The highest BCUT2D eigenvalue weighted by Crippen LogP contribution is 2.20. The van der Waals surface area contributed by atoms with E-state index in [9.17, 15) is 13.2 Å². The first-order valence-corrected chi connectivity index (χ1v) is 9.51. The van der Waals surface area contributed by atoms with Crippen molar-refractivity contribution in [3.05, 3.63) is 29.8 Å². The van der Waals surface area contributed by atoms with E-state index < -0.39 is 10.0 Å². The van der Waals surface area contributed by atoms with E-state index in [0.29, 0.717) is 0 Å². The van der Waals surface area contributed by atoms with Crippen LogP contribution in [-0.4, -0.2) is 44.2 Å². The smallest absolute Gasteiger partial charge is 0.235 e. The van der Waals surface area contributed by atoms with Crippen LogP contribution in [0.3, 0.4) is 0 Å². The zero-order valence-electron chi connectivity index (χ0n) is 12.8. The van der Waals surface area contributed by atoms with Crippen molar-refractivity contribution >= 4 is 27.7 Å². The molecule has 118 valence electrons. The molecular formula is C14H22N2O3S2. The third kappa shape index (κ3) is 6.07. The molecule has 0 aliphatic rings. The molecule has 21 heavy (non-hydrogen) atoms. The van der Waals surface area contributed by atoms with Gasteiger partial charge in [0.1, 0.15) is 0 Å². The average molecular weight is 330 g/mol. The van der Waals surface area contributed by atoms with Gasteiger partial charge in [-0.1, -0.05) is 19.1 Å². The summed E-state index contributed by atoms with van der Waals surface area (Å²) >= 11 is 1.76. The molecule has 0 saturated carbocycles. The molecule has 0 aliphatic heterocycles. The fourth-order valence-electron chi connectivity index (χ4n) is 1.71. The summed E-state index contributed by atoms with van der Waals surface area (Å²) < 4.78 is 23.6. The molecule has 1 amide bonds. The minimum Gasteiger partial charge on any atom is -0.348 e. The van der Waals surface area contributed by atoms with E-state index in [2.05, 4.69) is 12.2 Å². The van der Waals surface area contributed by atoms with Gasteiger partial charge in [-0.25, -0.2) is 8.42 Å². The zero-order chi connectivity index (χ0) is 16.0. The van der Waals surface area contributed by atoms with Gasteiger partial charge in [0, 0.05) is 11.9 Å². The molecule has 5 nitrogen and oxygen atoms in total. The number of nitrogens with zero attached hydrogens (tertiary/aromatic N) is 1. The van der Waals surface area contributed by atoms with Crippen LogP contribution in [0.25, 0.3) is 0 Å². The first kappa shape index (κ1) is 18.0. The van der Waals surface area contributed by atoms with E-state index in [4.69, 9.17) is 0 Å². The number of sulfonamides is 1. The van der Waals surface area contributed by atoms with E-state index in [1.165, 1.54) is 11.9 Å². The van der Waals surface area contributed by atoms with E-state index in [-0.39, 0.29) is 18.5 Å². The molecule has 0 saturated heterocycles. The second-order valence-corrected chi connectivity index (χ2v) is 8.24. The van der Waals surface area contributed by atoms with E-state index in [0.717, 1.165) is 21.9 Å². The summed E-state index contributed by atoms with van der Waals surface area (Å²) in [7, 11) is -1.96. The van der Waals surface area contributed by atoms with Gasteiger partial charge in [-0.05, 0) is 30.4 Å². The minimum absolute atomic E-state index is 0.161. The average Bonchev–Trinajstić information content (AvgIpc) is 2.38. The van der Waals surface area contributed by atoms with Crippen LogP contribution in [-0.2, 0) is 14.8 Å². The normalized spacial score (nSPS) is 13.2. The van der Waals surface area contributed by atoms with E-state index in [1.54, 1.807) is 11.8 Å². The topological polar surface area (TPSA) is 66.5 Å². The van der Waals surface area contributed by atoms with Gasteiger partial charge in [-0.3, -0.25) is 4.79 Å². The molecule has 1 rings (SSSR count). The maximum Gasteiger partial charge on any atom is 0.235 e. The van der Waals surface area contributed by atoms with Crippen LogP contribution in [0.4, 0.5) is 0 Å². The van der Waals surface area contributed by atoms with Crippen molar-refractivity contribution in [2.75, 3.05) is 25.6 Å². The third-order valence-corrected chi connectivity index (χ3v) is 5.16. The second kappa shape index (κ2) is 7.82. The largest absolute Gasteiger partial charge is 0.348 e. The molecule has 0 spiro atoms. The summed E-state index contributed by atoms with van der Waals surface area (Å²) in [5, 5.41) is 2.80. The Morgan fingerprint density at radius 3 is 2.38 bits per heavy atom. The molecule has 1 aromatic carbocycles. The zero-order valence-corrected chi connectivity index (χ0v) is 14.4. The van der Waals surface area contributed by atoms with Crippen LogP contribution in [0.5, 0.6) is 0 Å². The van der Waals surface area contributed by atoms with Gasteiger partial charge in [0.2, 0.25) is 15.9 Å². The van der Waals surface area contributed by atoms with Gasteiger partial charge in [0.15, 0.2) is 0 Å². The molecule has 0 aliphatic carbocycles. The van der Waals surface area contributed by atoms with Gasteiger partial charge in [-0.15, -0.1) is 11.8 Å². The Kier molecular flexibility index (Phi) is 6.70. The lowest BCUT2D eigenvalue weighted by molar-refractivity contribution is -0.121. The molecular weight excluding hydrogens is 308 g/mol. The standard InChI is InChI=1S/C14H22N2O3S2/c1-5-20-13-8-6-12(7-9-13)11(2)15-14(17)10-16(3)21(4,18)19/h6-9,11H,5,10H2,1-4H3,(H,15,17)/t11-/m0/s1. The van der Waals surface area contributed by atoms with Gasteiger partial charge in [0.25, 0.3) is 0 Å². The van der Waals surface area contributed by atoms with Gasteiger partial charge < -0.3 is 5.32 Å². The maximum atomic E-state index is 11.8. The first-order chi connectivity index (χ1) is 9.74. The summed E-state index contributed by atoms with van der Waals surface area (Å²) in [4.78, 5) is 13.0. The third-order valence-electron chi connectivity index (χ3n) is 3.00. The number of nitrogens with one attached hydrogen (secondary N) is 1. The maximum absolute atomic E-state index is 11.8. The molecule has 7 heteroatoms. The highest BCUT2D eigenvalue weighted by Gasteiger charge is 2.16. The number of hydrogen-bond donors (Lipinski definition) is 1. The first-order valence-electron chi connectivity index (χ1n) is 6.67. The molecule has 1 atom stereocenters. The van der Waals surface area contributed by atoms with Crippen molar-refractivity contribution in [3.63, 3.8) is 0 Å². The van der Waals surface area contributed by atoms with Crippen LogP contribution < -0.4 is 5.32 Å². The SMILES string of the molecule is CCSc1ccc([C@H](C)NC(=O)CN(C)S(C)(=O)=O)cc1. The molecule has 0 radical (unpaired) electrons. The Morgan fingerprint density at radius 1 is 1.33 bits per heavy atom. The van der Waals surface area contributed by atoms with Crippen molar-refractivity contribution in [2.45, 2.75) is 24.8 Å². The second-order valence-electron chi connectivity index (χ2n) is 4.81. The van der Waals surface area contributed by atoms with Crippen LogP contribution >= 0.6 is 11.8 Å². The lowest BCUT2D eigenvalue weighted by Gasteiger charge is -2.18. The summed E-state index contributed by atoms with van der Waals surface area (Å²) in [5.74, 6) is 0.700. The molecule has 1 aromatic rings. The van der Waals surface area contributed by atoms with Crippen LogP contribution in [0.2, 0.25) is 0 Å². The van der Waals surface area contributed by atoms with Crippen molar-refractivity contribution in [2.24, 2.45) is 0 Å². The van der Waals surface area contributed by atoms with Crippen LogP contribution in [0, 0.1) is 0 Å². The predicted molar refractivity (Wildman–Crippen MR) is 86.9 cm³/mol. The highest BCUT2D eigenvalue weighted by molar-refractivity contribution is 7.99. The lowest BCUT2D eigenvalue weighted by Crippen LogP contribution is -2.38. The number of thioether (sulfide) groups is 1. The molecule has 0 aromatic heterocycles. The van der Waals surface area contributed by atoms with E-state index in [1.807, 2.05) is 31.2 Å². The van der Waals surface area contributed by atoms with Crippen LogP contribution in [0.15, 0.2) is 29.2 Å². The number of carbonyl (C=O) groups excluding carboxylic acids is 1. The fraction of sp³-hybridized carbons (Fsp3) is 0.500. The van der Waals surface area contributed by atoms with Crippen molar-refractivity contribution in [1.82, 2.24) is 9.62 Å². The summed E-state index contributed by atoms with van der Waals surface area (Å²) in [6.07, 6.45) is 1.08. The van der Waals surface area contributed by atoms with Gasteiger partial charge in [0.05, 0.1) is 18.8 Å². The fourth-order valence-corrected chi connectivity index (χ4v) is 2.72. The molecule has 0 heterocycles. The number of benzene rings is 1. The summed E-state index contributed by atoms with van der Waals surface area (Å²) in [5.41, 5.74) is 0.991. The molecule has 1 N–H and O–H groups in total. The molecule has 0 bridgehead atoms. The van der Waals surface area contributed by atoms with Crippen molar-refractivity contribution in [3.8, 4) is 0 Å². The van der Waals surface area contributed by atoms with E-state index >= 15 is 0 Å². The number of amides is 1. The minimum atomic E-state index is -3.34. The summed E-state index contributed by atoms with van der Waals surface area (Å²) in [6, 6.07) is 7.84. The highest BCUT2D eigenvalue weighted by atomic mass is 32.2. The Bertz CT molecular complexity index is 570. The molecule has 0 unspecified atom stereocenters. The number of carbonyl (C=O) groups is 1.